The maximum atomic E-state index is 11.9. The van der Waals surface area contributed by atoms with Gasteiger partial charge in [0.2, 0.25) is 0 Å². The van der Waals surface area contributed by atoms with Crippen LogP contribution in [0, 0.1) is 45.3 Å². The summed E-state index contributed by atoms with van der Waals surface area (Å²) in [6.45, 7) is 0. The van der Waals surface area contributed by atoms with Crippen LogP contribution >= 0.6 is 0 Å². The molecular formula is C12F6Li2N8. The van der Waals surface area contributed by atoms with Crippen LogP contribution in [0.15, 0.2) is 0 Å². The molecule has 2 aromatic heterocycles. The number of nitrogens with zero attached hydrogens (tertiary/aromatic N) is 8. The van der Waals surface area contributed by atoms with E-state index in [9.17, 15) is 26.3 Å². The van der Waals surface area contributed by atoms with Crippen LogP contribution in [0.4, 0.5) is 26.3 Å². The average molecular weight is 384 g/mol. The molecule has 2 rings (SSSR count). The zero-order valence-electron chi connectivity index (χ0n) is 13.8. The van der Waals surface area contributed by atoms with Crippen molar-refractivity contribution in [3.63, 3.8) is 0 Å². The van der Waals surface area contributed by atoms with E-state index in [-0.39, 0.29) is 37.7 Å². The Morgan fingerprint density at radius 2 is 0.893 bits per heavy atom. The second-order valence-corrected chi connectivity index (χ2v) is 3.93. The maximum absolute atomic E-state index is 11.9. The van der Waals surface area contributed by atoms with Crippen LogP contribution in [0.25, 0.3) is 0 Å². The fourth-order valence-corrected chi connectivity index (χ4v) is 1.25. The van der Waals surface area contributed by atoms with Crippen molar-refractivity contribution in [2.75, 3.05) is 0 Å². The van der Waals surface area contributed by atoms with E-state index >= 15 is 0 Å². The van der Waals surface area contributed by atoms with Gasteiger partial charge in [-0.1, -0.05) is 0 Å². The van der Waals surface area contributed by atoms with E-state index in [1.54, 1.807) is 0 Å². The Labute approximate surface area is 176 Å². The van der Waals surface area contributed by atoms with Crippen molar-refractivity contribution in [2.45, 2.75) is 12.4 Å². The van der Waals surface area contributed by atoms with Gasteiger partial charge in [-0.05, 0) is 0 Å². The summed E-state index contributed by atoms with van der Waals surface area (Å²) in [5, 5.41) is 33.0. The molecule has 0 spiro atoms. The third-order valence-electron chi connectivity index (χ3n) is 2.25. The fourth-order valence-electron chi connectivity index (χ4n) is 1.25. The van der Waals surface area contributed by atoms with Gasteiger partial charge in [-0.2, -0.15) is 47.4 Å². The molecule has 0 aliphatic carbocycles. The number of nitriles is 4. The minimum Gasteiger partial charge on any atom is -0.422 e. The first-order chi connectivity index (χ1) is 12.0. The summed E-state index contributed by atoms with van der Waals surface area (Å²) in [6, 6.07) is 5.37. The monoisotopic (exact) mass is 384 g/mol. The number of imidazole rings is 2. The topological polar surface area (TPSA) is 149 Å². The van der Waals surface area contributed by atoms with Crippen molar-refractivity contribution in [1.82, 2.24) is 19.9 Å². The molecule has 0 aliphatic heterocycles. The Hall–Kier alpha value is -2.85. The van der Waals surface area contributed by atoms with Crippen LogP contribution in [0.2, 0.25) is 0 Å². The van der Waals surface area contributed by atoms with Gasteiger partial charge >= 0.3 is 50.1 Å². The summed E-state index contributed by atoms with van der Waals surface area (Å²) in [5.74, 6) is -2.92. The zero-order chi connectivity index (χ0) is 20.1. The van der Waals surface area contributed by atoms with Crippen LogP contribution in [0.3, 0.4) is 0 Å². The average Bonchev–Trinajstić information content (AvgIpc) is 3.17. The van der Waals surface area contributed by atoms with Crippen LogP contribution in [-0.2, 0) is 12.4 Å². The molecule has 0 unspecified atom stereocenters. The molecule has 0 aliphatic rings. The second kappa shape index (κ2) is 10.5. The summed E-state index contributed by atoms with van der Waals surface area (Å²) >= 11 is 0. The number of hydrogen-bond acceptors (Lipinski definition) is 6. The molecule has 0 atom stereocenters. The van der Waals surface area contributed by atoms with Crippen molar-refractivity contribution in [3.8, 4) is 24.3 Å². The Kier molecular flexibility index (Phi) is 10.2. The molecule has 0 fully saturated rings. The standard InChI is InChI=1S/2C6F3N4.2Li/c2*7-6(8,9)5-12-3(1-10)4(2-11)13-5;;/q2*-1;2*+1. The predicted octanol–water partition coefficient (Wildman–Crippen LogP) is -4.39. The first kappa shape index (κ1) is 27.4. The minimum atomic E-state index is -4.72. The van der Waals surface area contributed by atoms with Crippen molar-refractivity contribution < 1.29 is 64.1 Å². The van der Waals surface area contributed by atoms with E-state index in [0.29, 0.717) is 0 Å². The van der Waals surface area contributed by atoms with Gasteiger partial charge in [0.05, 0.1) is 47.1 Å². The summed E-state index contributed by atoms with van der Waals surface area (Å²) < 4.78 is 71.5. The summed E-state index contributed by atoms with van der Waals surface area (Å²) in [4.78, 5) is 11.4. The smallest absolute Gasteiger partial charge is 0.422 e. The third-order valence-corrected chi connectivity index (χ3v) is 2.25. The molecule has 0 bridgehead atoms. The molecular weight excluding hydrogens is 384 g/mol. The van der Waals surface area contributed by atoms with Gasteiger partial charge in [-0.15, -0.1) is 0 Å². The summed E-state index contributed by atoms with van der Waals surface area (Å²) in [6.07, 6.45) is -9.44. The quantitative estimate of drug-likeness (QED) is 0.327. The molecule has 16 heteroatoms. The van der Waals surface area contributed by atoms with Crippen LogP contribution < -0.4 is 47.7 Å². The van der Waals surface area contributed by atoms with Crippen molar-refractivity contribution >= 4 is 0 Å². The van der Waals surface area contributed by atoms with E-state index < -0.39 is 46.8 Å². The Balaban J connectivity index is 0. The Morgan fingerprint density at radius 1 is 0.607 bits per heavy atom. The zero-order valence-corrected chi connectivity index (χ0v) is 13.8. The molecule has 0 N–H and O–H groups in total. The van der Waals surface area contributed by atoms with Crippen LogP contribution in [0.5, 0.6) is 0 Å². The molecule has 0 amide bonds. The number of rotatable bonds is 0. The molecule has 0 aromatic carbocycles. The maximum Gasteiger partial charge on any atom is 1.00 e. The predicted molar refractivity (Wildman–Crippen MR) is 64.0 cm³/mol. The summed E-state index contributed by atoms with van der Waals surface area (Å²) in [7, 11) is 0. The molecule has 28 heavy (non-hydrogen) atoms. The van der Waals surface area contributed by atoms with Gasteiger partial charge in [0.25, 0.3) is 0 Å². The number of aromatic nitrogens is 4. The van der Waals surface area contributed by atoms with E-state index in [2.05, 4.69) is 19.9 Å². The van der Waals surface area contributed by atoms with E-state index in [1.165, 1.54) is 24.3 Å². The minimum absolute atomic E-state index is 0. The second-order valence-electron chi connectivity index (χ2n) is 3.93. The molecule has 8 nitrogen and oxygen atoms in total. The van der Waals surface area contributed by atoms with Crippen molar-refractivity contribution in [3.05, 3.63) is 34.4 Å². The first-order valence-electron chi connectivity index (χ1n) is 5.82. The molecule has 0 saturated carbocycles. The first-order valence-corrected chi connectivity index (χ1v) is 5.82. The van der Waals surface area contributed by atoms with Crippen LogP contribution in [-0.4, -0.2) is 9.97 Å². The number of alkyl halides is 6. The number of hydrogen-bond donors (Lipinski definition) is 0. The molecule has 2 heterocycles. The largest absolute Gasteiger partial charge is 1.00 e. The van der Waals surface area contributed by atoms with Gasteiger partial charge in [0, 0.05) is 11.6 Å². The van der Waals surface area contributed by atoms with Crippen molar-refractivity contribution in [2.24, 2.45) is 0 Å². The Morgan fingerprint density at radius 3 is 1.04 bits per heavy atom. The van der Waals surface area contributed by atoms with Gasteiger partial charge < -0.3 is 19.9 Å². The van der Waals surface area contributed by atoms with Gasteiger partial charge in [-0.25, -0.2) is 0 Å². The van der Waals surface area contributed by atoms with E-state index in [1.807, 2.05) is 0 Å². The number of halogens is 6. The Bertz CT molecular complexity index is 834. The molecule has 2 aromatic rings. The van der Waals surface area contributed by atoms with E-state index in [0.717, 1.165) is 0 Å². The summed E-state index contributed by atoms with van der Waals surface area (Å²) in [5.41, 5.74) is -2.41. The van der Waals surface area contributed by atoms with Gasteiger partial charge in [-0.3, -0.25) is 0 Å². The fraction of sp³-hybridized carbons (Fsp3) is 0.167. The van der Waals surface area contributed by atoms with Gasteiger partial charge in [0.1, 0.15) is 0 Å². The van der Waals surface area contributed by atoms with Gasteiger partial charge in [0.15, 0.2) is 0 Å². The van der Waals surface area contributed by atoms with Crippen molar-refractivity contribution in [1.29, 1.82) is 21.0 Å². The normalized spacial score (nSPS) is 9.79. The van der Waals surface area contributed by atoms with Crippen LogP contribution in [0.1, 0.15) is 34.4 Å². The molecule has 0 saturated heterocycles. The molecule has 132 valence electrons. The molecule has 0 radical (unpaired) electrons. The van der Waals surface area contributed by atoms with E-state index in [4.69, 9.17) is 21.0 Å². The third kappa shape index (κ3) is 6.71. The SMILES string of the molecule is N#Cc1nc(C(F)(F)F)[n-]c1C#N.N#Cc1nc(C(F)(F)F)[n-]c1C#N.[Li+].[Li+].